The molecule has 1 aliphatic rings. The normalized spacial score (nSPS) is 15.5. The summed E-state index contributed by atoms with van der Waals surface area (Å²) < 4.78 is 7.35. The lowest BCUT2D eigenvalue weighted by molar-refractivity contribution is -0.123. The summed E-state index contributed by atoms with van der Waals surface area (Å²) in [6.07, 6.45) is 6.23. The van der Waals surface area contributed by atoms with Crippen LogP contribution in [0.25, 0.3) is 11.0 Å². The third kappa shape index (κ3) is 3.99. The highest BCUT2D eigenvalue weighted by Gasteiger charge is 2.37. The Morgan fingerprint density at radius 3 is 2.59 bits per heavy atom. The smallest absolute Gasteiger partial charge is 0.240 e. The van der Waals surface area contributed by atoms with Crippen LogP contribution in [0.3, 0.4) is 0 Å². The first kappa shape index (κ1) is 19.8. The zero-order chi connectivity index (χ0) is 20.3. The Morgan fingerprint density at radius 1 is 1.17 bits per heavy atom. The maximum absolute atomic E-state index is 13.2. The van der Waals surface area contributed by atoms with Gasteiger partial charge in [0.15, 0.2) is 0 Å². The number of fused-ring (bicyclic) bond motifs is 1. The predicted molar refractivity (Wildman–Crippen MR) is 118 cm³/mol. The molecule has 1 fully saturated rings. The molecule has 0 unspecified atom stereocenters. The fourth-order valence-electron chi connectivity index (χ4n) is 4.37. The van der Waals surface area contributed by atoms with Crippen molar-refractivity contribution in [1.29, 1.82) is 0 Å². The first-order chi connectivity index (χ1) is 14.1. The number of hydrogen-bond donors (Lipinski definition) is 1. The molecule has 3 aromatic rings. The monoisotopic (exact) mass is 409 g/mol. The summed E-state index contributed by atoms with van der Waals surface area (Å²) in [5.74, 6) is 2.60. The maximum Gasteiger partial charge on any atom is 0.240 e. The molecule has 4 rings (SSSR count). The Balaban J connectivity index is 1.59. The van der Waals surface area contributed by atoms with Gasteiger partial charge >= 0.3 is 0 Å². The van der Waals surface area contributed by atoms with Crippen LogP contribution in [-0.4, -0.2) is 28.8 Å². The third-order valence-corrected chi connectivity index (χ3v) is 6.33. The van der Waals surface area contributed by atoms with Crippen molar-refractivity contribution in [3.8, 4) is 5.75 Å². The van der Waals surface area contributed by atoms with Gasteiger partial charge in [0.1, 0.15) is 18.1 Å². The lowest BCUT2D eigenvalue weighted by Crippen LogP contribution is -2.45. The molecule has 29 heavy (non-hydrogen) atoms. The molecule has 0 saturated heterocycles. The molecule has 1 aliphatic carbocycles. The number of para-hydroxylation sites is 2. The first-order valence-electron chi connectivity index (χ1n) is 10.0. The van der Waals surface area contributed by atoms with Crippen molar-refractivity contribution >= 4 is 28.7 Å². The van der Waals surface area contributed by atoms with E-state index in [2.05, 4.69) is 28.3 Å². The molecule has 0 spiro atoms. The van der Waals surface area contributed by atoms with Crippen LogP contribution in [0, 0.1) is 0 Å². The lowest BCUT2D eigenvalue weighted by Gasteiger charge is -2.31. The van der Waals surface area contributed by atoms with Crippen molar-refractivity contribution < 1.29 is 9.53 Å². The molecule has 152 valence electrons. The van der Waals surface area contributed by atoms with E-state index in [9.17, 15) is 4.79 Å². The summed E-state index contributed by atoms with van der Waals surface area (Å²) in [6, 6.07) is 16.1. The van der Waals surface area contributed by atoms with E-state index in [1.54, 1.807) is 18.9 Å². The zero-order valence-electron chi connectivity index (χ0n) is 17.0. The highest BCUT2D eigenvalue weighted by molar-refractivity contribution is 7.97. The highest BCUT2D eigenvalue weighted by Crippen LogP contribution is 2.39. The molecule has 1 saturated carbocycles. The molecule has 1 heterocycles. The first-order valence-corrected chi connectivity index (χ1v) is 11.4. The lowest BCUT2D eigenvalue weighted by atomic mass is 9.88. The molecule has 0 radical (unpaired) electrons. The minimum absolute atomic E-state index is 0.0354. The van der Waals surface area contributed by atoms with E-state index < -0.39 is 0 Å². The van der Waals surface area contributed by atoms with Crippen LogP contribution in [0.2, 0.25) is 0 Å². The minimum Gasteiger partial charge on any atom is -0.497 e. The average Bonchev–Trinajstić information content (AvgIpc) is 3.34. The van der Waals surface area contributed by atoms with Gasteiger partial charge in [0.25, 0.3) is 0 Å². The highest BCUT2D eigenvalue weighted by atomic mass is 32.2. The number of carbonyl (C=O) groups excluding carboxylic acids is 1. The van der Waals surface area contributed by atoms with E-state index in [4.69, 9.17) is 9.72 Å². The van der Waals surface area contributed by atoms with Gasteiger partial charge in [0.2, 0.25) is 5.91 Å². The average molecular weight is 410 g/mol. The number of methoxy groups -OCH3 is 1. The molecule has 1 N–H and O–H groups in total. The van der Waals surface area contributed by atoms with Crippen molar-refractivity contribution in [2.24, 2.45) is 0 Å². The van der Waals surface area contributed by atoms with E-state index in [-0.39, 0.29) is 18.0 Å². The summed E-state index contributed by atoms with van der Waals surface area (Å²) in [5.41, 5.74) is 2.81. The van der Waals surface area contributed by atoms with Gasteiger partial charge in [-0.1, -0.05) is 37.1 Å². The molecule has 0 atom stereocenters. The molecule has 1 amide bonds. The van der Waals surface area contributed by atoms with Gasteiger partial charge in [-0.2, -0.15) is 11.8 Å². The van der Waals surface area contributed by atoms with E-state index in [1.807, 2.05) is 36.4 Å². The number of nitrogens with zero attached hydrogens (tertiary/aromatic N) is 2. The Hall–Kier alpha value is -2.47. The molecule has 2 aromatic carbocycles. The number of nitrogens with one attached hydrogen (secondary N) is 1. The summed E-state index contributed by atoms with van der Waals surface area (Å²) in [4.78, 5) is 17.9. The maximum atomic E-state index is 13.2. The Labute approximate surface area is 175 Å². The summed E-state index contributed by atoms with van der Waals surface area (Å²) in [6.45, 7) is 0.286. The number of rotatable bonds is 7. The van der Waals surface area contributed by atoms with E-state index >= 15 is 0 Å². The summed E-state index contributed by atoms with van der Waals surface area (Å²) in [7, 11) is 1.67. The van der Waals surface area contributed by atoms with Gasteiger partial charge in [0.05, 0.1) is 29.4 Å². The fraction of sp³-hybridized carbons (Fsp3) is 0.391. The molecule has 0 bridgehead atoms. The summed E-state index contributed by atoms with van der Waals surface area (Å²) >= 11 is 1.72. The number of imidazole rings is 1. The van der Waals surface area contributed by atoms with Crippen LogP contribution in [0.5, 0.6) is 5.75 Å². The summed E-state index contributed by atoms with van der Waals surface area (Å²) in [5, 5.41) is 3.38. The predicted octanol–water partition coefficient (Wildman–Crippen LogP) is 4.49. The van der Waals surface area contributed by atoms with E-state index in [0.717, 1.165) is 59.6 Å². The van der Waals surface area contributed by atoms with Crippen molar-refractivity contribution in [2.75, 3.05) is 13.4 Å². The molecule has 1 aromatic heterocycles. The molecule has 5 nitrogen and oxygen atoms in total. The number of carbonyl (C=O) groups is 1. The second-order valence-corrected chi connectivity index (χ2v) is 8.47. The molecule has 0 aliphatic heterocycles. The second-order valence-electron chi connectivity index (χ2n) is 7.60. The van der Waals surface area contributed by atoms with Gasteiger partial charge in [-0.25, -0.2) is 4.98 Å². The number of benzene rings is 2. The number of thioether (sulfide) groups is 1. The van der Waals surface area contributed by atoms with Crippen LogP contribution < -0.4 is 10.1 Å². The quantitative estimate of drug-likeness (QED) is 0.624. The van der Waals surface area contributed by atoms with Gasteiger partial charge in [-0.05, 0) is 48.9 Å². The largest absolute Gasteiger partial charge is 0.497 e. The molecular formula is C23H27N3O2S. The van der Waals surface area contributed by atoms with Crippen LogP contribution in [-0.2, 0) is 22.6 Å². The van der Waals surface area contributed by atoms with Crippen molar-refractivity contribution in [3.05, 3.63) is 59.9 Å². The van der Waals surface area contributed by atoms with E-state index in [0.29, 0.717) is 0 Å². The number of hydrogen-bond acceptors (Lipinski definition) is 4. The Morgan fingerprint density at radius 2 is 1.90 bits per heavy atom. The van der Waals surface area contributed by atoms with Gasteiger partial charge < -0.3 is 14.6 Å². The van der Waals surface area contributed by atoms with Crippen LogP contribution >= 0.6 is 11.8 Å². The standard InChI is InChI=1S/C23H27N3O2S/c1-28-18-11-9-17(10-12-18)23(13-5-6-14-23)25-22(27)15-26-20-8-4-3-7-19(20)24-21(26)16-29-2/h3-4,7-12H,5-6,13-16H2,1-2H3,(H,25,27). The second kappa shape index (κ2) is 8.49. The van der Waals surface area contributed by atoms with Crippen LogP contribution in [0.4, 0.5) is 0 Å². The molecule has 6 heteroatoms. The van der Waals surface area contributed by atoms with Gasteiger partial charge in [0, 0.05) is 0 Å². The molecular weight excluding hydrogens is 382 g/mol. The van der Waals surface area contributed by atoms with Crippen molar-refractivity contribution in [3.63, 3.8) is 0 Å². The van der Waals surface area contributed by atoms with E-state index in [1.165, 1.54) is 0 Å². The van der Waals surface area contributed by atoms with Crippen molar-refractivity contribution in [1.82, 2.24) is 14.9 Å². The topological polar surface area (TPSA) is 56.1 Å². The number of aromatic nitrogens is 2. The SMILES string of the molecule is COc1ccc(C2(NC(=O)Cn3c(CSC)nc4ccccc43)CCCC2)cc1. The van der Waals surface area contributed by atoms with Gasteiger partial charge in [-0.15, -0.1) is 0 Å². The third-order valence-electron chi connectivity index (χ3n) is 5.79. The zero-order valence-corrected chi connectivity index (χ0v) is 17.8. The Bertz CT molecular complexity index is 991. The number of amides is 1. The van der Waals surface area contributed by atoms with Crippen LogP contribution in [0.1, 0.15) is 37.1 Å². The Kier molecular flexibility index (Phi) is 5.81. The van der Waals surface area contributed by atoms with Crippen molar-refractivity contribution in [2.45, 2.75) is 43.5 Å². The fourth-order valence-corrected chi connectivity index (χ4v) is 4.84. The minimum atomic E-state index is -0.292. The van der Waals surface area contributed by atoms with Gasteiger partial charge in [-0.3, -0.25) is 4.79 Å². The number of ether oxygens (including phenoxy) is 1. The van der Waals surface area contributed by atoms with Crippen LogP contribution in [0.15, 0.2) is 48.5 Å².